The van der Waals surface area contributed by atoms with E-state index in [2.05, 4.69) is 22.5 Å². The Morgan fingerprint density at radius 1 is 1.48 bits per heavy atom. The molecule has 1 aromatic carbocycles. The molecule has 2 N–H and O–H groups in total. The summed E-state index contributed by atoms with van der Waals surface area (Å²) in [7, 11) is 1.61. The largest absolute Gasteiger partial charge is 0.495 e. The van der Waals surface area contributed by atoms with Gasteiger partial charge >= 0.3 is 0 Å². The zero-order chi connectivity index (χ0) is 15.1. The number of nitrogens with one attached hydrogen (secondary N) is 2. The van der Waals surface area contributed by atoms with Gasteiger partial charge in [0.25, 0.3) is 0 Å². The van der Waals surface area contributed by atoms with E-state index >= 15 is 0 Å². The van der Waals surface area contributed by atoms with Crippen LogP contribution >= 0.6 is 0 Å². The summed E-state index contributed by atoms with van der Waals surface area (Å²) in [6.45, 7) is 6.03. The lowest BCUT2D eigenvalue weighted by Crippen LogP contribution is -2.38. The molecule has 5 nitrogen and oxygen atoms in total. The fourth-order valence-corrected chi connectivity index (χ4v) is 2.76. The summed E-state index contributed by atoms with van der Waals surface area (Å²) in [6, 6.07) is 8.04. The molecule has 0 aliphatic carbocycles. The summed E-state index contributed by atoms with van der Waals surface area (Å²) in [5, 5.41) is 6.30. The SMILES string of the molecule is CCN(CCC(=O)Nc1ccccc1OC)C1CCNC1. The number of carbonyl (C=O) groups excluding carboxylic acids is 1. The van der Waals surface area contributed by atoms with E-state index in [9.17, 15) is 4.79 Å². The zero-order valence-electron chi connectivity index (χ0n) is 12.9. The number of ether oxygens (including phenoxy) is 1. The van der Waals surface area contributed by atoms with Gasteiger partial charge in [-0.3, -0.25) is 9.69 Å². The number of anilines is 1. The zero-order valence-corrected chi connectivity index (χ0v) is 12.9. The van der Waals surface area contributed by atoms with Crippen LogP contribution in [0.25, 0.3) is 0 Å². The van der Waals surface area contributed by atoms with Crippen LogP contribution in [-0.2, 0) is 4.79 Å². The lowest BCUT2D eigenvalue weighted by molar-refractivity contribution is -0.116. The van der Waals surface area contributed by atoms with Gasteiger partial charge in [0.05, 0.1) is 12.8 Å². The molecule has 1 aliphatic heterocycles. The van der Waals surface area contributed by atoms with Gasteiger partial charge in [0.2, 0.25) is 5.91 Å². The van der Waals surface area contributed by atoms with E-state index in [1.54, 1.807) is 7.11 Å². The number of nitrogens with zero attached hydrogens (tertiary/aromatic N) is 1. The van der Waals surface area contributed by atoms with Crippen molar-refractivity contribution in [3.63, 3.8) is 0 Å². The molecular formula is C16H25N3O2. The second kappa shape index (κ2) is 8.00. The molecule has 5 heteroatoms. The summed E-state index contributed by atoms with van der Waals surface area (Å²) >= 11 is 0. The van der Waals surface area contributed by atoms with Crippen molar-refractivity contribution in [2.45, 2.75) is 25.8 Å². The number of hydrogen-bond donors (Lipinski definition) is 2. The number of hydrogen-bond acceptors (Lipinski definition) is 4. The maximum atomic E-state index is 12.1. The van der Waals surface area contributed by atoms with Gasteiger partial charge in [-0.05, 0) is 31.6 Å². The normalized spacial score (nSPS) is 18.0. The Morgan fingerprint density at radius 3 is 2.95 bits per heavy atom. The molecule has 1 atom stereocenters. The van der Waals surface area contributed by atoms with Crippen LogP contribution in [0, 0.1) is 0 Å². The van der Waals surface area contributed by atoms with E-state index < -0.39 is 0 Å². The van der Waals surface area contributed by atoms with Gasteiger partial charge in [-0.15, -0.1) is 0 Å². The highest BCUT2D eigenvalue weighted by molar-refractivity contribution is 5.92. The molecule has 21 heavy (non-hydrogen) atoms. The molecular weight excluding hydrogens is 266 g/mol. The molecule has 1 heterocycles. The lowest BCUT2D eigenvalue weighted by Gasteiger charge is -2.26. The third-order valence-corrected chi connectivity index (χ3v) is 3.96. The lowest BCUT2D eigenvalue weighted by atomic mass is 10.2. The van der Waals surface area contributed by atoms with E-state index in [1.807, 2.05) is 24.3 Å². The van der Waals surface area contributed by atoms with Gasteiger partial charge in [-0.2, -0.15) is 0 Å². The Balaban J connectivity index is 1.83. The van der Waals surface area contributed by atoms with Crippen molar-refractivity contribution in [3.8, 4) is 5.75 Å². The molecule has 0 radical (unpaired) electrons. The highest BCUT2D eigenvalue weighted by Gasteiger charge is 2.21. The van der Waals surface area contributed by atoms with Gasteiger partial charge in [-0.25, -0.2) is 0 Å². The van der Waals surface area contributed by atoms with Crippen LogP contribution in [0.1, 0.15) is 19.8 Å². The monoisotopic (exact) mass is 291 g/mol. The number of carbonyl (C=O) groups is 1. The van der Waals surface area contributed by atoms with Crippen molar-refractivity contribution >= 4 is 11.6 Å². The minimum Gasteiger partial charge on any atom is -0.495 e. The van der Waals surface area contributed by atoms with E-state index in [0.717, 1.165) is 31.9 Å². The van der Waals surface area contributed by atoms with Crippen LogP contribution in [-0.4, -0.2) is 50.1 Å². The molecule has 1 amide bonds. The van der Waals surface area contributed by atoms with Gasteiger partial charge in [-0.1, -0.05) is 19.1 Å². The van der Waals surface area contributed by atoms with E-state index in [-0.39, 0.29) is 5.91 Å². The first kappa shape index (κ1) is 15.8. The van der Waals surface area contributed by atoms with Crippen molar-refractivity contribution in [3.05, 3.63) is 24.3 Å². The third kappa shape index (κ3) is 4.44. The standard InChI is InChI=1S/C16H25N3O2/c1-3-19(13-8-10-17-12-13)11-9-16(20)18-14-6-4-5-7-15(14)21-2/h4-7,13,17H,3,8-12H2,1-2H3,(H,18,20). The first-order chi connectivity index (χ1) is 10.2. The molecule has 0 saturated carbocycles. The molecule has 1 unspecified atom stereocenters. The van der Waals surface area contributed by atoms with Crippen LogP contribution < -0.4 is 15.4 Å². The molecule has 0 aromatic heterocycles. The van der Waals surface area contributed by atoms with Gasteiger partial charge in [0, 0.05) is 25.6 Å². The minimum atomic E-state index is 0.0314. The first-order valence-electron chi connectivity index (χ1n) is 7.62. The Bertz CT molecular complexity index is 459. The predicted octanol–water partition coefficient (Wildman–Crippen LogP) is 1.71. The van der Waals surface area contributed by atoms with Crippen molar-refractivity contribution in [1.29, 1.82) is 0 Å². The summed E-state index contributed by atoms with van der Waals surface area (Å²) in [4.78, 5) is 14.5. The summed E-state index contributed by atoms with van der Waals surface area (Å²) in [5.41, 5.74) is 0.732. The molecule has 1 saturated heterocycles. The third-order valence-electron chi connectivity index (χ3n) is 3.96. The van der Waals surface area contributed by atoms with E-state index in [4.69, 9.17) is 4.74 Å². The molecule has 0 spiro atoms. The van der Waals surface area contributed by atoms with Crippen LogP contribution in [0.3, 0.4) is 0 Å². The fraction of sp³-hybridized carbons (Fsp3) is 0.562. The highest BCUT2D eigenvalue weighted by atomic mass is 16.5. The number of para-hydroxylation sites is 2. The van der Waals surface area contributed by atoms with E-state index in [0.29, 0.717) is 18.2 Å². The van der Waals surface area contributed by atoms with Crippen LogP contribution in [0.15, 0.2) is 24.3 Å². The number of amides is 1. The van der Waals surface area contributed by atoms with E-state index in [1.165, 1.54) is 6.42 Å². The summed E-state index contributed by atoms with van der Waals surface area (Å²) < 4.78 is 5.24. The average molecular weight is 291 g/mol. The second-order valence-electron chi connectivity index (χ2n) is 5.27. The Kier molecular flexibility index (Phi) is 6.02. The fourth-order valence-electron chi connectivity index (χ4n) is 2.76. The number of methoxy groups -OCH3 is 1. The smallest absolute Gasteiger partial charge is 0.225 e. The Hall–Kier alpha value is -1.59. The highest BCUT2D eigenvalue weighted by Crippen LogP contribution is 2.23. The van der Waals surface area contributed by atoms with Gasteiger partial charge in [0.15, 0.2) is 0 Å². The second-order valence-corrected chi connectivity index (χ2v) is 5.27. The van der Waals surface area contributed by atoms with Crippen LogP contribution in [0.4, 0.5) is 5.69 Å². The topological polar surface area (TPSA) is 53.6 Å². The van der Waals surface area contributed by atoms with Crippen molar-refractivity contribution in [1.82, 2.24) is 10.2 Å². The molecule has 2 rings (SSSR count). The number of likely N-dealkylation sites (N-methyl/N-ethyl adjacent to an activating group) is 1. The molecule has 116 valence electrons. The summed E-state index contributed by atoms with van der Waals surface area (Å²) in [6.07, 6.45) is 1.67. The number of benzene rings is 1. The molecule has 1 aliphatic rings. The van der Waals surface area contributed by atoms with Crippen molar-refractivity contribution < 1.29 is 9.53 Å². The minimum absolute atomic E-state index is 0.0314. The van der Waals surface area contributed by atoms with Gasteiger partial charge in [0.1, 0.15) is 5.75 Å². The maximum absolute atomic E-state index is 12.1. The molecule has 1 fully saturated rings. The number of rotatable bonds is 7. The predicted molar refractivity (Wildman–Crippen MR) is 84.8 cm³/mol. The van der Waals surface area contributed by atoms with Gasteiger partial charge < -0.3 is 15.4 Å². The summed E-state index contributed by atoms with van der Waals surface area (Å²) in [5.74, 6) is 0.724. The average Bonchev–Trinajstić information content (AvgIpc) is 3.03. The first-order valence-corrected chi connectivity index (χ1v) is 7.62. The molecule has 0 bridgehead atoms. The Labute approximate surface area is 126 Å². The van der Waals surface area contributed by atoms with Crippen molar-refractivity contribution in [2.24, 2.45) is 0 Å². The van der Waals surface area contributed by atoms with Crippen molar-refractivity contribution in [2.75, 3.05) is 38.6 Å². The quantitative estimate of drug-likeness (QED) is 0.803. The Morgan fingerprint density at radius 2 is 2.29 bits per heavy atom. The van der Waals surface area contributed by atoms with Crippen LogP contribution in [0.2, 0.25) is 0 Å². The molecule has 1 aromatic rings. The maximum Gasteiger partial charge on any atom is 0.225 e. The van der Waals surface area contributed by atoms with Crippen LogP contribution in [0.5, 0.6) is 5.75 Å².